The van der Waals surface area contributed by atoms with E-state index in [0.29, 0.717) is 16.3 Å². The summed E-state index contributed by atoms with van der Waals surface area (Å²) < 4.78 is 17.3. The van der Waals surface area contributed by atoms with Crippen LogP contribution in [0, 0.1) is 12.7 Å². The molecule has 4 rings (SSSR count). The third-order valence-electron chi connectivity index (χ3n) is 5.72. The molecule has 4 aromatic rings. The molecule has 0 spiro atoms. The number of hydrogen-bond acceptors (Lipinski definition) is 3. The zero-order valence-corrected chi connectivity index (χ0v) is 18.8. The van der Waals surface area contributed by atoms with Crippen LogP contribution in [0.5, 0.6) is 0 Å². The van der Waals surface area contributed by atoms with E-state index < -0.39 is 23.1 Å². The molecule has 1 aromatic heterocycles. The summed E-state index contributed by atoms with van der Waals surface area (Å²) in [6, 6.07) is 21.8. The molecule has 3 aromatic carbocycles. The van der Waals surface area contributed by atoms with Crippen molar-refractivity contribution in [2.75, 3.05) is 0 Å². The highest BCUT2D eigenvalue weighted by Gasteiger charge is 2.22. The van der Waals surface area contributed by atoms with Crippen molar-refractivity contribution in [1.82, 2.24) is 9.13 Å². The molecule has 1 atom stereocenters. The summed E-state index contributed by atoms with van der Waals surface area (Å²) >= 11 is 6.33. The number of nitrogens with two attached hydrogens (primary N) is 1. The molecule has 168 valence electrons. The van der Waals surface area contributed by atoms with Crippen molar-refractivity contribution < 1.29 is 4.39 Å². The predicted octanol–water partition coefficient (Wildman–Crippen LogP) is 4.53. The Kier molecular flexibility index (Phi) is 6.58. The molecule has 0 bridgehead atoms. The van der Waals surface area contributed by atoms with E-state index in [-0.39, 0.29) is 24.2 Å². The van der Waals surface area contributed by atoms with Crippen LogP contribution in [0.2, 0.25) is 5.02 Å². The van der Waals surface area contributed by atoms with Crippen LogP contribution >= 0.6 is 11.6 Å². The lowest BCUT2D eigenvalue weighted by Crippen LogP contribution is -2.44. The molecular formula is C26H23ClFN3O2. The van der Waals surface area contributed by atoms with Crippen molar-refractivity contribution in [3.05, 3.63) is 127 Å². The minimum Gasteiger partial charge on any atom is -0.322 e. The minimum absolute atomic E-state index is 0.0497. The fourth-order valence-electron chi connectivity index (χ4n) is 3.92. The van der Waals surface area contributed by atoms with Gasteiger partial charge in [-0.15, -0.1) is 0 Å². The third-order valence-corrected chi connectivity index (χ3v) is 6.09. The van der Waals surface area contributed by atoms with E-state index in [0.717, 1.165) is 10.1 Å². The summed E-state index contributed by atoms with van der Waals surface area (Å²) in [5, 5.41) is 0.495. The average molecular weight is 464 g/mol. The van der Waals surface area contributed by atoms with Gasteiger partial charge in [0.05, 0.1) is 18.7 Å². The summed E-state index contributed by atoms with van der Waals surface area (Å²) in [6.45, 7) is 1.72. The van der Waals surface area contributed by atoms with Crippen molar-refractivity contribution in [1.29, 1.82) is 0 Å². The van der Waals surface area contributed by atoms with Gasteiger partial charge in [0.1, 0.15) is 5.82 Å². The Labute approximate surface area is 195 Å². The van der Waals surface area contributed by atoms with Crippen LogP contribution in [0.4, 0.5) is 4.39 Å². The van der Waals surface area contributed by atoms with Crippen LogP contribution in [0.3, 0.4) is 0 Å². The summed E-state index contributed by atoms with van der Waals surface area (Å²) in [5.41, 5.74) is 7.36. The molecule has 1 heterocycles. The maximum atomic E-state index is 14.7. The number of halogens is 2. The highest BCUT2D eigenvalue weighted by Crippen LogP contribution is 2.24. The van der Waals surface area contributed by atoms with E-state index in [4.69, 9.17) is 17.3 Å². The van der Waals surface area contributed by atoms with E-state index in [9.17, 15) is 14.0 Å². The first kappa shape index (κ1) is 22.7. The minimum atomic E-state index is -0.596. The van der Waals surface area contributed by atoms with E-state index in [1.165, 1.54) is 16.7 Å². The first-order valence-electron chi connectivity index (χ1n) is 10.5. The molecule has 5 nitrogen and oxygen atoms in total. The van der Waals surface area contributed by atoms with Gasteiger partial charge in [-0.2, -0.15) is 0 Å². The Morgan fingerprint density at radius 1 is 0.909 bits per heavy atom. The van der Waals surface area contributed by atoms with Crippen LogP contribution < -0.4 is 17.0 Å². The van der Waals surface area contributed by atoms with Crippen LogP contribution in [0.15, 0.2) is 88.5 Å². The maximum absolute atomic E-state index is 14.7. The standard InChI is InChI=1S/C26H23ClFN3O2/c1-17-24(20-12-6-8-14-22(20)28)25(32)31(16-23(29)18-9-3-2-4-10-18)26(33)30(17)15-19-11-5-7-13-21(19)27/h2-14,23H,15-16,29H2,1H3. The summed E-state index contributed by atoms with van der Waals surface area (Å²) in [5.74, 6) is -0.542. The smallest absolute Gasteiger partial charge is 0.322 e. The molecule has 0 aliphatic carbocycles. The lowest BCUT2D eigenvalue weighted by atomic mass is 10.0. The first-order chi connectivity index (χ1) is 15.9. The quantitative estimate of drug-likeness (QED) is 0.457. The normalized spacial score (nSPS) is 12.0. The molecule has 0 fully saturated rings. The lowest BCUT2D eigenvalue weighted by Gasteiger charge is -2.20. The van der Waals surface area contributed by atoms with Gasteiger partial charge in [0.2, 0.25) is 0 Å². The van der Waals surface area contributed by atoms with Crippen molar-refractivity contribution in [2.45, 2.75) is 26.1 Å². The van der Waals surface area contributed by atoms with Gasteiger partial charge >= 0.3 is 5.69 Å². The number of rotatable bonds is 6. The summed E-state index contributed by atoms with van der Waals surface area (Å²) in [6.07, 6.45) is 0. The number of hydrogen-bond donors (Lipinski definition) is 1. The van der Waals surface area contributed by atoms with Crippen LogP contribution in [-0.2, 0) is 13.1 Å². The van der Waals surface area contributed by atoms with Gasteiger partial charge < -0.3 is 5.73 Å². The molecule has 33 heavy (non-hydrogen) atoms. The average Bonchev–Trinajstić information content (AvgIpc) is 2.82. The van der Waals surface area contributed by atoms with E-state index in [1.807, 2.05) is 42.5 Å². The Bertz CT molecular complexity index is 1410. The Morgan fingerprint density at radius 3 is 2.24 bits per heavy atom. The fraction of sp³-hybridized carbons (Fsp3) is 0.154. The molecule has 2 N–H and O–H groups in total. The van der Waals surface area contributed by atoms with Crippen molar-refractivity contribution in [3.8, 4) is 11.1 Å². The largest absolute Gasteiger partial charge is 0.331 e. The van der Waals surface area contributed by atoms with Gasteiger partial charge in [0.25, 0.3) is 5.56 Å². The lowest BCUT2D eigenvalue weighted by molar-refractivity contribution is 0.508. The first-order valence-corrected chi connectivity index (χ1v) is 10.9. The van der Waals surface area contributed by atoms with Crippen LogP contribution in [0.1, 0.15) is 22.9 Å². The number of benzene rings is 3. The fourth-order valence-corrected chi connectivity index (χ4v) is 4.12. The van der Waals surface area contributed by atoms with Crippen molar-refractivity contribution in [3.63, 3.8) is 0 Å². The highest BCUT2D eigenvalue weighted by atomic mass is 35.5. The number of aromatic nitrogens is 2. The molecule has 0 amide bonds. The van der Waals surface area contributed by atoms with Gasteiger partial charge in [0, 0.05) is 22.3 Å². The zero-order chi connectivity index (χ0) is 23.5. The van der Waals surface area contributed by atoms with Gasteiger partial charge in [-0.3, -0.25) is 13.9 Å². The molecule has 0 saturated heterocycles. The van der Waals surface area contributed by atoms with E-state index in [1.54, 1.807) is 31.2 Å². The molecule has 0 aliphatic rings. The molecule has 7 heteroatoms. The van der Waals surface area contributed by atoms with Gasteiger partial charge in [-0.25, -0.2) is 9.18 Å². The Morgan fingerprint density at radius 2 is 1.55 bits per heavy atom. The number of nitrogens with zero attached hydrogens (tertiary/aromatic N) is 2. The second kappa shape index (κ2) is 9.57. The van der Waals surface area contributed by atoms with Gasteiger partial charge in [-0.1, -0.05) is 78.3 Å². The van der Waals surface area contributed by atoms with Crippen molar-refractivity contribution >= 4 is 11.6 Å². The molecule has 0 aliphatic heterocycles. The summed E-state index contributed by atoms with van der Waals surface area (Å²) in [7, 11) is 0. The second-order valence-corrected chi connectivity index (χ2v) is 8.24. The third kappa shape index (κ3) is 4.53. The van der Waals surface area contributed by atoms with Crippen molar-refractivity contribution in [2.24, 2.45) is 5.73 Å². The van der Waals surface area contributed by atoms with Gasteiger partial charge in [-0.05, 0) is 30.2 Å². The Hall–Kier alpha value is -3.48. The molecule has 0 saturated carbocycles. The monoisotopic (exact) mass is 463 g/mol. The predicted molar refractivity (Wildman–Crippen MR) is 129 cm³/mol. The highest BCUT2D eigenvalue weighted by molar-refractivity contribution is 6.31. The maximum Gasteiger partial charge on any atom is 0.331 e. The van der Waals surface area contributed by atoms with E-state index >= 15 is 0 Å². The van der Waals surface area contributed by atoms with E-state index in [2.05, 4.69) is 0 Å². The SMILES string of the molecule is Cc1c(-c2ccccc2F)c(=O)n(CC(N)c2ccccc2)c(=O)n1Cc1ccccc1Cl. The van der Waals surface area contributed by atoms with Gasteiger partial charge in [0.15, 0.2) is 0 Å². The molecule has 1 unspecified atom stereocenters. The topological polar surface area (TPSA) is 70.0 Å². The second-order valence-electron chi connectivity index (χ2n) is 7.83. The van der Waals surface area contributed by atoms with Crippen LogP contribution in [0.25, 0.3) is 11.1 Å². The van der Waals surface area contributed by atoms with Crippen LogP contribution in [-0.4, -0.2) is 9.13 Å². The Balaban J connectivity index is 1.93. The summed E-state index contributed by atoms with van der Waals surface area (Å²) in [4.78, 5) is 27.0. The molecule has 0 radical (unpaired) electrons. The zero-order valence-electron chi connectivity index (χ0n) is 18.0. The molecular weight excluding hydrogens is 441 g/mol.